The Morgan fingerprint density at radius 1 is 1.29 bits per heavy atom. The number of hydrogen-bond donors (Lipinski definition) is 0. The Balaban J connectivity index is 2.34. The molecule has 0 aromatic heterocycles. The first-order valence-corrected chi connectivity index (χ1v) is 9.74. The molecule has 1 heterocycles. The molecule has 1 aromatic rings. The summed E-state index contributed by atoms with van der Waals surface area (Å²) in [5.41, 5.74) is 0.747. The van der Waals surface area contributed by atoms with Gasteiger partial charge in [0.25, 0.3) is 0 Å². The number of nitrogens with zero attached hydrogens (tertiary/aromatic N) is 2. The van der Waals surface area contributed by atoms with Gasteiger partial charge in [-0.1, -0.05) is 29.8 Å². The Hall–Kier alpha value is -2.55. The average Bonchev–Trinajstić information content (AvgIpc) is 2.61. The molecule has 1 atom stereocenters. The molecule has 0 radical (unpaired) electrons. The number of carbonyl (C=O) groups is 2. The molecule has 1 aliphatic heterocycles. The monoisotopic (exact) mass is 386 g/mol. The van der Waals surface area contributed by atoms with E-state index in [1.807, 2.05) is 52.0 Å². The van der Waals surface area contributed by atoms with Crippen molar-refractivity contribution >= 4 is 12.1 Å². The Kier molecular flexibility index (Phi) is 6.71. The van der Waals surface area contributed by atoms with E-state index in [0.29, 0.717) is 25.9 Å². The predicted octanol–water partition coefficient (Wildman–Crippen LogP) is 3.97. The first kappa shape index (κ1) is 21.7. The van der Waals surface area contributed by atoms with Gasteiger partial charge in [0, 0.05) is 18.5 Å². The minimum Gasteiger partial charge on any atom is -0.465 e. The molecule has 1 saturated heterocycles. The highest BCUT2D eigenvalue weighted by atomic mass is 16.6. The fourth-order valence-electron chi connectivity index (χ4n) is 3.74. The molecule has 0 N–H and O–H groups in total. The number of carbonyl (C=O) groups excluding carboxylic acids is 2. The summed E-state index contributed by atoms with van der Waals surface area (Å²) in [7, 11) is 0. The normalized spacial score (nSPS) is 17.4. The fraction of sp³-hybridized carbons (Fsp3) is 0.591. The Morgan fingerprint density at radius 3 is 2.43 bits per heavy atom. The molecule has 2 rings (SSSR count). The molecule has 6 heteroatoms. The lowest BCUT2D eigenvalue weighted by molar-refractivity contribution is -0.149. The van der Waals surface area contributed by atoms with Crippen LogP contribution >= 0.6 is 0 Å². The number of benzene rings is 1. The van der Waals surface area contributed by atoms with E-state index < -0.39 is 22.9 Å². The van der Waals surface area contributed by atoms with Crippen LogP contribution in [0.15, 0.2) is 24.3 Å². The lowest BCUT2D eigenvalue weighted by atomic mass is 9.64. The van der Waals surface area contributed by atoms with Gasteiger partial charge in [0.05, 0.1) is 12.7 Å². The van der Waals surface area contributed by atoms with Gasteiger partial charge in [-0.2, -0.15) is 5.26 Å². The number of piperidine rings is 1. The molecule has 1 amide bonds. The van der Waals surface area contributed by atoms with Crippen molar-refractivity contribution in [2.24, 2.45) is 5.92 Å². The van der Waals surface area contributed by atoms with E-state index in [1.54, 1.807) is 11.8 Å². The molecule has 0 spiro atoms. The summed E-state index contributed by atoms with van der Waals surface area (Å²) in [6.07, 6.45) is 0.620. The van der Waals surface area contributed by atoms with Crippen LogP contribution in [0.4, 0.5) is 4.79 Å². The summed E-state index contributed by atoms with van der Waals surface area (Å²) < 4.78 is 10.7. The lowest BCUT2D eigenvalue weighted by Crippen LogP contribution is -2.51. The zero-order valence-electron chi connectivity index (χ0n) is 17.4. The van der Waals surface area contributed by atoms with Crippen molar-refractivity contribution in [2.45, 2.75) is 58.5 Å². The van der Waals surface area contributed by atoms with Crippen molar-refractivity contribution < 1.29 is 19.1 Å². The SMILES string of the molecule is CCOC(=O)C(C#N)C1(c2cccc(C)c2)CCN(C(=O)OC(C)(C)C)CC1. The van der Waals surface area contributed by atoms with Gasteiger partial charge < -0.3 is 14.4 Å². The second-order valence-corrected chi connectivity index (χ2v) is 8.31. The lowest BCUT2D eigenvalue weighted by Gasteiger charge is -2.44. The zero-order valence-corrected chi connectivity index (χ0v) is 17.4. The van der Waals surface area contributed by atoms with Crippen molar-refractivity contribution in [3.63, 3.8) is 0 Å². The highest BCUT2D eigenvalue weighted by molar-refractivity contribution is 5.78. The molecule has 152 valence electrons. The van der Waals surface area contributed by atoms with E-state index in [9.17, 15) is 14.9 Å². The predicted molar refractivity (Wildman–Crippen MR) is 106 cm³/mol. The van der Waals surface area contributed by atoms with Gasteiger partial charge in [-0.15, -0.1) is 0 Å². The van der Waals surface area contributed by atoms with Gasteiger partial charge in [0.2, 0.25) is 0 Å². The summed E-state index contributed by atoms with van der Waals surface area (Å²) >= 11 is 0. The Morgan fingerprint density at radius 2 is 1.93 bits per heavy atom. The number of amides is 1. The number of aryl methyl sites for hydroxylation is 1. The fourth-order valence-corrected chi connectivity index (χ4v) is 3.74. The molecule has 1 aliphatic rings. The quantitative estimate of drug-likeness (QED) is 0.732. The highest BCUT2D eigenvalue weighted by Crippen LogP contribution is 2.43. The number of rotatable bonds is 4. The maximum absolute atomic E-state index is 12.6. The summed E-state index contributed by atoms with van der Waals surface area (Å²) in [5, 5.41) is 9.84. The number of likely N-dealkylation sites (tertiary alicyclic amines) is 1. The minimum atomic E-state index is -0.921. The van der Waals surface area contributed by atoms with E-state index in [2.05, 4.69) is 6.07 Å². The van der Waals surface area contributed by atoms with E-state index in [4.69, 9.17) is 9.47 Å². The third-order valence-corrected chi connectivity index (χ3v) is 5.10. The van der Waals surface area contributed by atoms with Crippen LogP contribution in [0.2, 0.25) is 0 Å². The van der Waals surface area contributed by atoms with Crippen LogP contribution in [0, 0.1) is 24.2 Å². The number of nitriles is 1. The molecular weight excluding hydrogens is 356 g/mol. The molecule has 0 saturated carbocycles. The van der Waals surface area contributed by atoms with E-state index in [1.165, 1.54) is 0 Å². The van der Waals surface area contributed by atoms with Gasteiger partial charge in [-0.3, -0.25) is 4.79 Å². The molecule has 1 fully saturated rings. The summed E-state index contributed by atoms with van der Waals surface area (Å²) in [6.45, 7) is 10.3. The third kappa shape index (κ3) is 4.83. The van der Waals surface area contributed by atoms with Gasteiger partial charge >= 0.3 is 12.1 Å². The minimum absolute atomic E-state index is 0.227. The van der Waals surface area contributed by atoms with Crippen LogP contribution in [-0.4, -0.2) is 42.3 Å². The van der Waals surface area contributed by atoms with Crippen LogP contribution in [0.5, 0.6) is 0 Å². The highest BCUT2D eigenvalue weighted by Gasteiger charge is 2.48. The van der Waals surface area contributed by atoms with Crippen molar-refractivity contribution in [2.75, 3.05) is 19.7 Å². The Labute approximate surface area is 167 Å². The number of ether oxygens (including phenoxy) is 2. The molecule has 1 aromatic carbocycles. The summed E-state index contributed by atoms with van der Waals surface area (Å²) in [4.78, 5) is 26.7. The molecule has 0 bridgehead atoms. The maximum Gasteiger partial charge on any atom is 0.410 e. The van der Waals surface area contributed by atoms with Gasteiger partial charge in [0.15, 0.2) is 5.92 Å². The van der Waals surface area contributed by atoms with Crippen molar-refractivity contribution in [3.8, 4) is 6.07 Å². The van der Waals surface area contributed by atoms with Crippen molar-refractivity contribution in [1.29, 1.82) is 5.26 Å². The zero-order chi connectivity index (χ0) is 20.9. The number of hydrogen-bond acceptors (Lipinski definition) is 5. The number of esters is 1. The van der Waals surface area contributed by atoms with Crippen molar-refractivity contribution in [3.05, 3.63) is 35.4 Å². The second-order valence-electron chi connectivity index (χ2n) is 8.31. The smallest absolute Gasteiger partial charge is 0.410 e. The van der Waals surface area contributed by atoms with Crippen LogP contribution in [0.3, 0.4) is 0 Å². The summed E-state index contributed by atoms with van der Waals surface area (Å²) in [6, 6.07) is 10.1. The first-order valence-electron chi connectivity index (χ1n) is 9.74. The van der Waals surface area contributed by atoms with Crippen molar-refractivity contribution in [1.82, 2.24) is 4.90 Å². The second kappa shape index (κ2) is 8.64. The molecule has 28 heavy (non-hydrogen) atoms. The van der Waals surface area contributed by atoms with Crippen LogP contribution < -0.4 is 0 Å². The van der Waals surface area contributed by atoms with Gasteiger partial charge in [0.1, 0.15) is 5.60 Å². The van der Waals surface area contributed by atoms with E-state index in [-0.39, 0.29) is 12.7 Å². The van der Waals surface area contributed by atoms with Gasteiger partial charge in [-0.25, -0.2) is 4.79 Å². The standard InChI is InChI=1S/C22H30N2O4/c1-6-27-19(25)18(15-23)22(17-9-7-8-16(2)14-17)10-12-24(13-11-22)20(26)28-21(3,4)5/h7-9,14,18H,6,10-13H2,1-5H3. The maximum atomic E-state index is 12.6. The third-order valence-electron chi connectivity index (χ3n) is 5.10. The topological polar surface area (TPSA) is 79.6 Å². The van der Waals surface area contributed by atoms with Gasteiger partial charge in [-0.05, 0) is 53.0 Å². The van der Waals surface area contributed by atoms with Crippen LogP contribution in [0.1, 0.15) is 51.7 Å². The molecular formula is C22H30N2O4. The van der Waals surface area contributed by atoms with Crippen LogP contribution in [-0.2, 0) is 19.7 Å². The Bertz CT molecular complexity index is 753. The van der Waals surface area contributed by atoms with E-state index in [0.717, 1.165) is 11.1 Å². The first-order chi connectivity index (χ1) is 13.1. The summed E-state index contributed by atoms with van der Waals surface area (Å²) in [5.74, 6) is -1.42. The average molecular weight is 386 g/mol. The molecule has 6 nitrogen and oxygen atoms in total. The molecule has 0 aliphatic carbocycles. The molecule has 1 unspecified atom stereocenters. The van der Waals surface area contributed by atoms with Crippen LogP contribution in [0.25, 0.3) is 0 Å². The van der Waals surface area contributed by atoms with E-state index >= 15 is 0 Å². The largest absolute Gasteiger partial charge is 0.465 e.